The predicted molar refractivity (Wildman–Crippen MR) is 120 cm³/mol. The molecular formula is C23H24N4O2S. The van der Waals surface area contributed by atoms with Crippen LogP contribution in [0.4, 0.5) is 5.69 Å². The second-order valence-corrected chi connectivity index (χ2v) is 8.41. The maximum absolute atomic E-state index is 12.8. The smallest absolute Gasteiger partial charge is 0.253 e. The molecule has 30 heavy (non-hydrogen) atoms. The third kappa shape index (κ3) is 4.41. The van der Waals surface area contributed by atoms with E-state index in [1.165, 1.54) is 11.8 Å². The Hall–Kier alpha value is -3.06. The van der Waals surface area contributed by atoms with Crippen LogP contribution in [0.25, 0.3) is 11.3 Å². The maximum atomic E-state index is 12.8. The van der Waals surface area contributed by atoms with E-state index in [0.717, 1.165) is 40.4 Å². The van der Waals surface area contributed by atoms with Crippen LogP contribution in [0.2, 0.25) is 0 Å². The van der Waals surface area contributed by atoms with Gasteiger partial charge >= 0.3 is 0 Å². The van der Waals surface area contributed by atoms with Crippen LogP contribution in [0, 0.1) is 0 Å². The monoisotopic (exact) mass is 420 g/mol. The highest BCUT2D eigenvalue weighted by Gasteiger charge is 2.19. The van der Waals surface area contributed by atoms with Crippen molar-refractivity contribution in [3.8, 4) is 11.3 Å². The summed E-state index contributed by atoms with van der Waals surface area (Å²) in [6, 6.07) is 17.8. The van der Waals surface area contributed by atoms with Crippen molar-refractivity contribution in [3.05, 3.63) is 65.9 Å². The van der Waals surface area contributed by atoms with Crippen LogP contribution in [0.1, 0.15) is 22.5 Å². The van der Waals surface area contributed by atoms with Gasteiger partial charge < -0.3 is 10.2 Å². The average molecular weight is 421 g/mol. The quantitative estimate of drug-likeness (QED) is 0.658. The molecule has 1 aliphatic rings. The summed E-state index contributed by atoms with van der Waals surface area (Å²) >= 11 is 1.49. The molecule has 0 bridgehead atoms. The Bertz CT molecular complexity index is 1080. The zero-order valence-corrected chi connectivity index (χ0v) is 17.9. The normalized spacial score (nSPS) is 12.9. The number of rotatable bonds is 6. The van der Waals surface area contributed by atoms with E-state index in [0.29, 0.717) is 17.9 Å². The first-order chi connectivity index (χ1) is 14.5. The van der Waals surface area contributed by atoms with E-state index >= 15 is 0 Å². The second-order valence-electron chi connectivity index (χ2n) is 7.39. The Morgan fingerprint density at radius 3 is 2.80 bits per heavy atom. The minimum absolute atomic E-state index is 0.0318. The van der Waals surface area contributed by atoms with Crippen LogP contribution in [-0.4, -0.2) is 45.8 Å². The molecule has 3 aromatic rings. The number of carbonyl (C=O) groups excluding carboxylic acids is 2. The van der Waals surface area contributed by atoms with Gasteiger partial charge in [0.15, 0.2) is 0 Å². The van der Waals surface area contributed by atoms with Crippen molar-refractivity contribution in [1.29, 1.82) is 0 Å². The maximum Gasteiger partial charge on any atom is 0.253 e. The van der Waals surface area contributed by atoms with Crippen LogP contribution in [0.3, 0.4) is 0 Å². The number of aryl methyl sites for hydroxylation is 2. The van der Waals surface area contributed by atoms with E-state index < -0.39 is 0 Å². The predicted octanol–water partition coefficient (Wildman–Crippen LogP) is 3.84. The molecule has 0 radical (unpaired) electrons. The topological polar surface area (TPSA) is 67.2 Å². The number of anilines is 1. The fourth-order valence-electron chi connectivity index (χ4n) is 3.56. The van der Waals surface area contributed by atoms with Crippen molar-refractivity contribution >= 4 is 29.3 Å². The third-order valence-electron chi connectivity index (χ3n) is 5.13. The van der Waals surface area contributed by atoms with Gasteiger partial charge in [0.2, 0.25) is 5.91 Å². The van der Waals surface area contributed by atoms with Gasteiger partial charge in [-0.3, -0.25) is 14.3 Å². The summed E-state index contributed by atoms with van der Waals surface area (Å²) in [6.45, 7) is 0.633. The Labute approximate surface area is 180 Å². The van der Waals surface area contributed by atoms with Crippen molar-refractivity contribution in [3.63, 3.8) is 0 Å². The minimum Gasteiger partial charge on any atom is -0.342 e. The standard InChI is InChI=1S/C23H24N4O2S/c1-26(23(29)17-10-11-21-19(13-17)24-22(28)15-30-21)12-6-9-18-14-20(27(2)25-18)16-7-4-3-5-8-16/h3-5,7-8,10-11,13-14H,6,9,12,15H2,1-2H3,(H,24,28). The Morgan fingerprint density at radius 2 is 2.00 bits per heavy atom. The van der Waals surface area contributed by atoms with E-state index in [-0.39, 0.29) is 11.8 Å². The Kier molecular flexibility index (Phi) is 5.90. The fourth-order valence-corrected chi connectivity index (χ4v) is 4.35. The molecule has 6 nitrogen and oxygen atoms in total. The van der Waals surface area contributed by atoms with Crippen molar-refractivity contribution in [2.75, 3.05) is 24.7 Å². The van der Waals surface area contributed by atoms with E-state index in [4.69, 9.17) is 0 Å². The molecule has 1 aromatic heterocycles. The number of amides is 2. The van der Waals surface area contributed by atoms with Crippen LogP contribution in [-0.2, 0) is 18.3 Å². The number of aromatic nitrogens is 2. The van der Waals surface area contributed by atoms with Crippen molar-refractivity contribution in [1.82, 2.24) is 14.7 Å². The summed E-state index contributed by atoms with van der Waals surface area (Å²) in [5.74, 6) is 0.337. The number of thioether (sulfide) groups is 1. The lowest BCUT2D eigenvalue weighted by molar-refractivity contribution is -0.113. The van der Waals surface area contributed by atoms with Crippen molar-refractivity contribution in [2.45, 2.75) is 17.7 Å². The summed E-state index contributed by atoms with van der Waals surface area (Å²) in [5.41, 5.74) is 4.55. The highest BCUT2D eigenvalue weighted by atomic mass is 32.2. The number of fused-ring (bicyclic) bond motifs is 1. The molecule has 0 saturated heterocycles. The first kappa shape index (κ1) is 20.2. The summed E-state index contributed by atoms with van der Waals surface area (Å²) in [7, 11) is 3.76. The molecule has 0 atom stereocenters. The molecule has 7 heteroatoms. The van der Waals surface area contributed by atoms with Gasteiger partial charge in [0.25, 0.3) is 5.91 Å². The number of nitrogens with one attached hydrogen (secondary N) is 1. The van der Waals surface area contributed by atoms with Gasteiger partial charge in [0.1, 0.15) is 0 Å². The van der Waals surface area contributed by atoms with E-state index in [1.54, 1.807) is 11.0 Å². The molecule has 2 amide bonds. The Balaban J connectivity index is 1.35. The molecule has 1 aliphatic heterocycles. The lowest BCUT2D eigenvalue weighted by Crippen LogP contribution is -2.28. The van der Waals surface area contributed by atoms with Gasteiger partial charge in [-0.15, -0.1) is 11.8 Å². The number of carbonyl (C=O) groups is 2. The molecule has 0 unspecified atom stereocenters. The van der Waals surface area contributed by atoms with Gasteiger partial charge in [-0.05, 0) is 42.7 Å². The zero-order chi connectivity index (χ0) is 21.1. The molecule has 1 N–H and O–H groups in total. The van der Waals surface area contributed by atoms with Crippen LogP contribution in [0.15, 0.2) is 59.5 Å². The molecule has 0 aliphatic carbocycles. The van der Waals surface area contributed by atoms with E-state index in [9.17, 15) is 9.59 Å². The van der Waals surface area contributed by atoms with Gasteiger partial charge in [0, 0.05) is 31.1 Å². The van der Waals surface area contributed by atoms with Crippen molar-refractivity contribution < 1.29 is 9.59 Å². The van der Waals surface area contributed by atoms with E-state index in [1.807, 2.05) is 49.1 Å². The average Bonchev–Trinajstić information content (AvgIpc) is 3.13. The second kappa shape index (κ2) is 8.75. The number of nitrogens with zero attached hydrogens (tertiary/aromatic N) is 3. The zero-order valence-electron chi connectivity index (χ0n) is 17.1. The van der Waals surface area contributed by atoms with Crippen LogP contribution < -0.4 is 5.32 Å². The lowest BCUT2D eigenvalue weighted by atomic mass is 10.1. The molecule has 0 saturated carbocycles. The molecule has 4 rings (SSSR count). The number of hydrogen-bond acceptors (Lipinski definition) is 4. The highest BCUT2D eigenvalue weighted by molar-refractivity contribution is 8.00. The molecule has 2 heterocycles. The summed E-state index contributed by atoms with van der Waals surface area (Å²) in [4.78, 5) is 27.1. The summed E-state index contributed by atoms with van der Waals surface area (Å²) in [5, 5.41) is 7.45. The first-order valence-corrected chi connectivity index (χ1v) is 10.9. The van der Waals surface area contributed by atoms with Gasteiger partial charge in [-0.2, -0.15) is 5.10 Å². The van der Waals surface area contributed by atoms with Crippen LogP contribution in [0.5, 0.6) is 0 Å². The third-order valence-corrected chi connectivity index (χ3v) is 6.21. The first-order valence-electron chi connectivity index (χ1n) is 9.92. The van der Waals surface area contributed by atoms with Crippen molar-refractivity contribution in [2.24, 2.45) is 7.05 Å². The molecule has 2 aromatic carbocycles. The lowest BCUT2D eigenvalue weighted by Gasteiger charge is -2.20. The minimum atomic E-state index is -0.0476. The van der Waals surface area contributed by atoms with Gasteiger partial charge in [-0.25, -0.2) is 0 Å². The number of hydrogen-bond donors (Lipinski definition) is 1. The van der Waals surface area contributed by atoms with E-state index in [2.05, 4.69) is 28.6 Å². The van der Waals surface area contributed by atoms with Gasteiger partial charge in [-0.1, -0.05) is 30.3 Å². The molecule has 154 valence electrons. The van der Waals surface area contributed by atoms with Crippen LogP contribution >= 0.6 is 11.8 Å². The molecule has 0 fully saturated rings. The fraction of sp³-hybridized carbons (Fsp3) is 0.261. The van der Waals surface area contributed by atoms with Gasteiger partial charge in [0.05, 0.1) is 22.8 Å². The SMILES string of the molecule is CN(CCCc1cc(-c2ccccc2)n(C)n1)C(=O)c1ccc2c(c1)NC(=O)CS2. The highest BCUT2D eigenvalue weighted by Crippen LogP contribution is 2.32. The number of benzene rings is 2. The summed E-state index contributed by atoms with van der Waals surface area (Å²) < 4.78 is 1.90. The molecule has 0 spiro atoms. The summed E-state index contributed by atoms with van der Waals surface area (Å²) in [6.07, 6.45) is 1.63. The largest absolute Gasteiger partial charge is 0.342 e. The molecular weight excluding hydrogens is 396 g/mol. The Morgan fingerprint density at radius 1 is 1.20 bits per heavy atom.